The highest BCUT2D eigenvalue weighted by Crippen LogP contribution is 2.35. The normalized spacial score (nSPS) is 10.9. The SMILES string of the molecule is COC(=O)C(OC(=O)NCCCCCCCl)(c1ccccc1)c1ccccc1. The van der Waals surface area contributed by atoms with Gasteiger partial charge in [-0.2, -0.15) is 0 Å². The molecule has 0 unspecified atom stereocenters. The third-order valence-corrected chi connectivity index (χ3v) is 4.68. The molecule has 0 fully saturated rings. The van der Waals surface area contributed by atoms with Gasteiger partial charge in [0.2, 0.25) is 0 Å². The number of hydrogen-bond acceptors (Lipinski definition) is 4. The van der Waals surface area contributed by atoms with Crippen LogP contribution in [0.25, 0.3) is 0 Å². The molecule has 0 spiro atoms. The molecular weight excluding hydrogens is 378 g/mol. The van der Waals surface area contributed by atoms with Crippen molar-refractivity contribution in [1.82, 2.24) is 5.32 Å². The predicted molar refractivity (Wildman–Crippen MR) is 109 cm³/mol. The zero-order valence-corrected chi connectivity index (χ0v) is 16.8. The van der Waals surface area contributed by atoms with Crippen LogP contribution in [0.3, 0.4) is 0 Å². The second kappa shape index (κ2) is 11.3. The molecule has 2 rings (SSSR count). The molecule has 5 nitrogen and oxygen atoms in total. The fraction of sp³-hybridized carbons (Fsp3) is 0.364. The number of hydrogen-bond donors (Lipinski definition) is 1. The van der Waals surface area contributed by atoms with Crippen LogP contribution in [0.1, 0.15) is 36.8 Å². The maximum Gasteiger partial charge on any atom is 0.408 e. The summed E-state index contributed by atoms with van der Waals surface area (Å²) in [6.45, 7) is 0.460. The molecule has 0 radical (unpaired) electrons. The highest BCUT2D eigenvalue weighted by atomic mass is 35.5. The number of alkyl halides is 1. The molecule has 0 saturated heterocycles. The summed E-state index contributed by atoms with van der Waals surface area (Å²) in [5, 5.41) is 2.73. The van der Waals surface area contributed by atoms with Crippen molar-refractivity contribution in [3.05, 3.63) is 71.8 Å². The molecule has 0 atom stereocenters. The molecule has 28 heavy (non-hydrogen) atoms. The van der Waals surface area contributed by atoms with Crippen LogP contribution in [0.4, 0.5) is 4.79 Å². The fourth-order valence-electron chi connectivity index (χ4n) is 2.99. The topological polar surface area (TPSA) is 64.6 Å². The van der Waals surface area contributed by atoms with Crippen molar-refractivity contribution in [2.75, 3.05) is 19.5 Å². The van der Waals surface area contributed by atoms with E-state index >= 15 is 0 Å². The summed E-state index contributed by atoms with van der Waals surface area (Å²) in [6.07, 6.45) is 3.08. The Morgan fingerprint density at radius 3 is 1.93 bits per heavy atom. The number of benzene rings is 2. The first-order chi connectivity index (χ1) is 13.6. The zero-order valence-electron chi connectivity index (χ0n) is 16.0. The van der Waals surface area contributed by atoms with Crippen LogP contribution in [0, 0.1) is 0 Å². The lowest BCUT2D eigenvalue weighted by molar-refractivity contribution is -0.159. The van der Waals surface area contributed by atoms with E-state index in [9.17, 15) is 9.59 Å². The molecule has 2 aromatic rings. The number of rotatable bonds is 10. The summed E-state index contributed by atoms with van der Waals surface area (Å²) in [4.78, 5) is 25.4. The van der Waals surface area contributed by atoms with Crippen molar-refractivity contribution in [2.45, 2.75) is 31.3 Å². The Labute approximate surface area is 171 Å². The van der Waals surface area contributed by atoms with E-state index in [0.29, 0.717) is 23.6 Å². The van der Waals surface area contributed by atoms with Crippen LogP contribution in [0.15, 0.2) is 60.7 Å². The van der Waals surface area contributed by atoms with Gasteiger partial charge in [-0.15, -0.1) is 11.6 Å². The first-order valence-corrected chi connectivity index (χ1v) is 9.91. The van der Waals surface area contributed by atoms with Gasteiger partial charge in [0.15, 0.2) is 0 Å². The quantitative estimate of drug-likeness (QED) is 0.357. The molecule has 0 aliphatic heterocycles. The van der Waals surface area contributed by atoms with Crippen molar-refractivity contribution in [2.24, 2.45) is 0 Å². The smallest absolute Gasteiger partial charge is 0.408 e. The van der Waals surface area contributed by atoms with Crippen molar-refractivity contribution in [1.29, 1.82) is 0 Å². The maximum absolute atomic E-state index is 12.9. The minimum atomic E-state index is -1.68. The van der Waals surface area contributed by atoms with Crippen LogP contribution < -0.4 is 5.32 Å². The second-order valence-corrected chi connectivity index (χ2v) is 6.70. The predicted octanol–water partition coefficient (Wildman–Crippen LogP) is 4.63. The standard InChI is InChI=1S/C22H26ClNO4/c1-27-20(25)22(18-12-6-4-7-13-18,19-14-8-5-9-15-19)28-21(26)24-17-11-3-2-10-16-23/h4-9,12-15H,2-3,10-11,16-17H2,1H3,(H,24,26). The van der Waals surface area contributed by atoms with Crippen molar-refractivity contribution in [3.8, 4) is 0 Å². The van der Waals surface area contributed by atoms with Gasteiger partial charge in [0, 0.05) is 23.6 Å². The number of nitrogens with one attached hydrogen (secondary N) is 1. The van der Waals surface area contributed by atoms with E-state index in [2.05, 4.69) is 5.32 Å². The zero-order chi connectivity index (χ0) is 20.2. The lowest BCUT2D eigenvalue weighted by Gasteiger charge is -2.31. The molecule has 0 aliphatic rings. The van der Waals surface area contributed by atoms with Gasteiger partial charge in [-0.1, -0.05) is 73.5 Å². The number of methoxy groups -OCH3 is 1. The lowest BCUT2D eigenvalue weighted by atomic mass is 9.86. The molecule has 150 valence electrons. The molecule has 6 heteroatoms. The minimum absolute atomic E-state index is 0.460. The van der Waals surface area contributed by atoms with E-state index in [-0.39, 0.29) is 0 Å². The molecule has 0 bridgehead atoms. The average Bonchev–Trinajstić information content (AvgIpc) is 2.75. The summed E-state index contributed by atoms with van der Waals surface area (Å²) in [5.74, 6) is -0.0205. The summed E-state index contributed by atoms with van der Waals surface area (Å²) in [6, 6.07) is 17.8. The van der Waals surface area contributed by atoms with E-state index in [0.717, 1.165) is 25.7 Å². The van der Waals surface area contributed by atoms with E-state index in [1.165, 1.54) is 7.11 Å². The highest BCUT2D eigenvalue weighted by Gasteiger charge is 2.47. The van der Waals surface area contributed by atoms with E-state index in [1.807, 2.05) is 12.1 Å². The number of esters is 1. The van der Waals surface area contributed by atoms with E-state index in [4.69, 9.17) is 21.1 Å². The van der Waals surface area contributed by atoms with Gasteiger partial charge < -0.3 is 14.8 Å². The van der Waals surface area contributed by atoms with E-state index in [1.54, 1.807) is 48.5 Å². The number of alkyl carbamates (subject to hydrolysis) is 1. The van der Waals surface area contributed by atoms with Crippen LogP contribution in [-0.2, 0) is 19.9 Å². The number of carbonyl (C=O) groups is 2. The number of carbonyl (C=O) groups excluding carboxylic acids is 2. The molecular formula is C22H26ClNO4. The van der Waals surface area contributed by atoms with E-state index < -0.39 is 17.7 Å². The van der Waals surface area contributed by atoms with Crippen molar-refractivity contribution < 1.29 is 19.1 Å². The van der Waals surface area contributed by atoms with Gasteiger partial charge in [0.1, 0.15) is 0 Å². The largest absolute Gasteiger partial charge is 0.466 e. The summed E-state index contributed by atoms with van der Waals surface area (Å²) in [5.41, 5.74) is -0.643. The molecule has 0 saturated carbocycles. The number of unbranched alkanes of at least 4 members (excludes halogenated alkanes) is 3. The maximum atomic E-state index is 12.9. The Bertz CT molecular complexity index is 697. The highest BCUT2D eigenvalue weighted by molar-refractivity contribution is 6.17. The molecule has 0 aromatic heterocycles. The van der Waals surface area contributed by atoms with Crippen LogP contribution in [0.2, 0.25) is 0 Å². The van der Waals surface area contributed by atoms with Gasteiger partial charge in [-0.25, -0.2) is 9.59 Å². The molecule has 1 amide bonds. The summed E-state index contributed by atoms with van der Waals surface area (Å²) >= 11 is 5.66. The number of halogens is 1. The molecule has 2 aromatic carbocycles. The molecule has 0 aliphatic carbocycles. The van der Waals surface area contributed by atoms with Crippen LogP contribution >= 0.6 is 11.6 Å². The van der Waals surface area contributed by atoms with Crippen LogP contribution in [0.5, 0.6) is 0 Å². The first-order valence-electron chi connectivity index (χ1n) is 9.37. The van der Waals surface area contributed by atoms with Gasteiger partial charge in [0.05, 0.1) is 7.11 Å². The fourth-order valence-corrected chi connectivity index (χ4v) is 3.18. The van der Waals surface area contributed by atoms with Gasteiger partial charge in [0.25, 0.3) is 5.60 Å². The Morgan fingerprint density at radius 1 is 0.893 bits per heavy atom. The van der Waals surface area contributed by atoms with Crippen LogP contribution in [-0.4, -0.2) is 31.6 Å². The summed E-state index contributed by atoms with van der Waals surface area (Å²) < 4.78 is 10.8. The Hall–Kier alpha value is -2.53. The Balaban J connectivity index is 2.24. The van der Waals surface area contributed by atoms with Crippen molar-refractivity contribution >= 4 is 23.7 Å². The molecule has 0 heterocycles. The number of ether oxygens (including phenoxy) is 2. The minimum Gasteiger partial charge on any atom is -0.466 e. The first kappa shape index (κ1) is 21.8. The van der Waals surface area contributed by atoms with Gasteiger partial charge >= 0.3 is 12.1 Å². The second-order valence-electron chi connectivity index (χ2n) is 6.32. The Morgan fingerprint density at radius 2 is 1.43 bits per heavy atom. The Kier molecular flexibility index (Phi) is 8.82. The van der Waals surface area contributed by atoms with Crippen molar-refractivity contribution in [3.63, 3.8) is 0 Å². The summed E-state index contributed by atoms with van der Waals surface area (Å²) in [7, 11) is 1.28. The van der Waals surface area contributed by atoms with Gasteiger partial charge in [-0.05, 0) is 12.8 Å². The monoisotopic (exact) mass is 403 g/mol. The lowest BCUT2D eigenvalue weighted by Crippen LogP contribution is -2.45. The third-order valence-electron chi connectivity index (χ3n) is 4.41. The number of amides is 1. The molecule has 1 N–H and O–H groups in total. The average molecular weight is 404 g/mol. The van der Waals surface area contributed by atoms with Gasteiger partial charge in [-0.3, -0.25) is 0 Å². The third kappa shape index (κ3) is 5.49.